The summed E-state index contributed by atoms with van der Waals surface area (Å²) in [6.45, 7) is 5.83. The largest absolute Gasteiger partial charge is 0.385 e. The van der Waals surface area contributed by atoms with Gasteiger partial charge in [-0.25, -0.2) is 4.79 Å². The maximum Gasteiger partial charge on any atom is 0.347 e. The predicted octanol–water partition coefficient (Wildman–Crippen LogP) is 2.16. The Labute approximate surface area is 113 Å². The van der Waals surface area contributed by atoms with Crippen molar-refractivity contribution in [2.24, 2.45) is 10.7 Å². The first-order valence-corrected chi connectivity index (χ1v) is 6.16. The van der Waals surface area contributed by atoms with E-state index >= 15 is 0 Å². The summed E-state index contributed by atoms with van der Waals surface area (Å²) < 4.78 is 0. The van der Waals surface area contributed by atoms with Crippen molar-refractivity contribution in [3.05, 3.63) is 34.9 Å². The van der Waals surface area contributed by atoms with E-state index in [-0.39, 0.29) is 18.1 Å². The second-order valence-electron chi connectivity index (χ2n) is 4.76. The lowest BCUT2D eigenvalue weighted by Crippen LogP contribution is -2.39. The molecular weight excluding hydrogens is 238 g/mol. The van der Waals surface area contributed by atoms with E-state index < -0.39 is 0 Å². The third kappa shape index (κ3) is 2.08. The number of carbonyl (C=O) groups excluding carboxylic acids is 1. The summed E-state index contributed by atoms with van der Waals surface area (Å²) in [6.07, 6.45) is 5.43. The summed E-state index contributed by atoms with van der Waals surface area (Å²) in [5.74, 6) is 2.87. The first-order valence-electron chi connectivity index (χ1n) is 6.16. The van der Waals surface area contributed by atoms with E-state index in [4.69, 9.17) is 12.2 Å². The predicted molar refractivity (Wildman–Crippen MR) is 75.8 cm³/mol. The molecule has 1 aromatic rings. The highest BCUT2D eigenvalue weighted by Crippen LogP contribution is 2.31. The quantitative estimate of drug-likeness (QED) is 0.823. The zero-order chi connectivity index (χ0) is 14.2. The zero-order valence-electron chi connectivity index (χ0n) is 11.3. The fourth-order valence-electron chi connectivity index (χ4n) is 2.33. The molecule has 2 atom stereocenters. The van der Waals surface area contributed by atoms with Crippen molar-refractivity contribution in [3.63, 3.8) is 0 Å². The Morgan fingerprint density at radius 1 is 1.47 bits per heavy atom. The Morgan fingerprint density at radius 3 is 2.79 bits per heavy atom. The van der Waals surface area contributed by atoms with E-state index in [0.29, 0.717) is 5.84 Å². The van der Waals surface area contributed by atoms with Gasteiger partial charge in [-0.2, -0.15) is 4.99 Å². The Hall–Kier alpha value is -2.28. The number of nitrogens with zero attached hydrogens (tertiary/aromatic N) is 2. The molecule has 1 heterocycles. The Morgan fingerprint density at radius 2 is 2.16 bits per heavy atom. The second-order valence-corrected chi connectivity index (χ2v) is 4.76. The highest BCUT2D eigenvalue weighted by atomic mass is 16.2. The molecule has 1 aromatic carbocycles. The van der Waals surface area contributed by atoms with Crippen molar-refractivity contribution in [1.29, 1.82) is 0 Å². The first-order chi connectivity index (χ1) is 8.97. The molecule has 0 aromatic heterocycles. The molecule has 4 heteroatoms. The molecule has 2 amide bonds. The molecule has 0 spiro atoms. The molecular formula is C15H17N3O. The number of carbonyl (C=O) groups is 1. The van der Waals surface area contributed by atoms with Crippen LogP contribution in [0.2, 0.25) is 0 Å². The zero-order valence-corrected chi connectivity index (χ0v) is 11.3. The van der Waals surface area contributed by atoms with Crippen molar-refractivity contribution in [1.82, 2.24) is 4.90 Å². The topological polar surface area (TPSA) is 58.7 Å². The van der Waals surface area contributed by atoms with Crippen LogP contribution in [0.5, 0.6) is 0 Å². The standard InChI is InChI=1S/C15H17N3O/c1-5-10(3)18-13(14(16)17-15(18)19)12-8-6-7-9(2)11(12)4/h1,6-8,10,13H,2-4H3,(H2,16,17,19). The average molecular weight is 255 g/mol. The van der Waals surface area contributed by atoms with Crippen molar-refractivity contribution < 1.29 is 4.79 Å². The van der Waals surface area contributed by atoms with Crippen LogP contribution >= 0.6 is 0 Å². The second kappa shape index (κ2) is 4.77. The molecule has 1 aliphatic heterocycles. The number of terminal acetylenes is 1. The van der Waals surface area contributed by atoms with Crippen LogP contribution in [0.3, 0.4) is 0 Å². The van der Waals surface area contributed by atoms with Gasteiger partial charge in [0, 0.05) is 0 Å². The molecule has 0 aliphatic carbocycles. The van der Waals surface area contributed by atoms with Gasteiger partial charge < -0.3 is 5.73 Å². The molecule has 0 fully saturated rings. The number of amidine groups is 1. The molecule has 0 radical (unpaired) electrons. The molecule has 0 bridgehead atoms. The number of benzene rings is 1. The highest BCUT2D eigenvalue weighted by molar-refractivity contribution is 6.03. The van der Waals surface area contributed by atoms with Crippen LogP contribution in [0, 0.1) is 26.2 Å². The summed E-state index contributed by atoms with van der Waals surface area (Å²) in [5.41, 5.74) is 9.16. The molecule has 4 nitrogen and oxygen atoms in total. The fraction of sp³-hybridized carbons (Fsp3) is 0.333. The molecule has 0 saturated carbocycles. The highest BCUT2D eigenvalue weighted by Gasteiger charge is 2.37. The third-order valence-electron chi connectivity index (χ3n) is 3.60. The van der Waals surface area contributed by atoms with E-state index in [9.17, 15) is 4.79 Å². The van der Waals surface area contributed by atoms with Gasteiger partial charge in [-0.3, -0.25) is 4.90 Å². The summed E-state index contributed by atoms with van der Waals surface area (Å²) >= 11 is 0. The van der Waals surface area contributed by atoms with Crippen LogP contribution < -0.4 is 5.73 Å². The number of aryl methyl sites for hydroxylation is 1. The SMILES string of the molecule is C#CC(C)N1C(=O)N=C(N)C1c1cccc(C)c1C. The minimum atomic E-state index is -0.367. The van der Waals surface area contributed by atoms with Crippen LogP contribution in [-0.2, 0) is 0 Å². The number of urea groups is 1. The van der Waals surface area contributed by atoms with Gasteiger partial charge in [-0.05, 0) is 37.5 Å². The van der Waals surface area contributed by atoms with Gasteiger partial charge in [-0.1, -0.05) is 24.1 Å². The van der Waals surface area contributed by atoms with Gasteiger partial charge in [-0.15, -0.1) is 6.42 Å². The molecule has 19 heavy (non-hydrogen) atoms. The van der Waals surface area contributed by atoms with Crippen LogP contribution in [0.15, 0.2) is 23.2 Å². The lowest BCUT2D eigenvalue weighted by Gasteiger charge is -2.28. The van der Waals surface area contributed by atoms with Gasteiger partial charge in [0.2, 0.25) is 0 Å². The lowest BCUT2D eigenvalue weighted by atomic mass is 9.95. The summed E-state index contributed by atoms with van der Waals surface area (Å²) in [6, 6.07) is 4.86. The van der Waals surface area contributed by atoms with Gasteiger partial charge in [0.1, 0.15) is 11.9 Å². The summed E-state index contributed by atoms with van der Waals surface area (Å²) in [4.78, 5) is 17.3. The Bertz CT molecular complexity index is 598. The lowest BCUT2D eigenvalue weighted by molar-refractivity contribution is 0.199. The normalized spacial score (nSPS) is 20.1. The maximum absolute atomic E-state index is 11.9. The monoisotopic (exact) mass is 255 g/mol. The number of hydrogen-bond donors (Lipinski definition) is 1. The van der Waals surface area contributed by atoms with E-state index in [1.165, 1.54) is 0 Å². The molecule has 1 aliphatic rings. The first kappa shape index (κ1) is 13.2. The maximum atomic E-state index is 11.9. The summed E-state index contributed by atoms with van der Waals surface area (Å²) in [7, 11) is 0. The molecule has 2 unspecified atom stereocenters. The average Bonchev–Trinajstić information content (AvgIpc) is 2.67. The molecule has 0 saturated heterocycles. The number of amides is 2. The van der Waals surface area contributed by atoms with Crippen LogP contribution in [0.25, 0.3) is 0 Å². The van der Waals surface area contributed by atoms with Crippen molar-refractivity contribution in [2.45, 2.75) is 32.9 Å². The van der Waals surface area contributed by atoms with Crippen LogP contribution in [0.1, 0.15) is 29.7 Å². The van der Waals surface area contributed by atoms with Gasteiger partial charge in [0.25, 0.3) is 0 Å². The summed E-state index contributed by atoms with van der Waals surface area (Å²) in [5, 5.41) is 0. The smallest absolute Gasteiger partial charge is 0.347 e. The molecule has 2 rings (SSSR count). The van der Waals surface area contributed by atoms with E-state index in [1.807, 2.05) is 32.0 Å². The number of aliphatic imine (C=N–C) groups is 1. The minimum absolute atomic E-state index is 0.306. The van der Waals surface area contributed by atoms with E-state index in [2.05, 4.69) is 10.9 Å². The van der Waals surface area contributed by atoms with Crippen LogP contribution in [0.4, 0.5) is 4.79 Å². The van der Waals surface area contributed by atoms with Gasteiger partial charge >= 0.3 is 6.03 Å². The number of hydrogen-bond acceptors (Lipinski definition) is 2. The van der Waals surface area contributed by atoms with Crippen molar-refractivity contribution in [2.75, 3.05) is 0 Å². The number of nitrogens with two attached hydrogens (primary N) is 1. The van der Waals surface area contributed by atoms with Gasteiger partial charge in [0.05, 0.1) is 6.04 Å². The van der Waals surface area contributed by atoms with Crippen molar-refractivity contribution >= 4 is 11.9 Å². The Kier molecular flexibility index (Phi) is 3.30. The Balaban J connectivity index is 2.53. The fourth-order valence-corrected chi connectivity index (χ4v) is 2.33. The van der Waals surface area contributed by atoms with Crippen LogP contribution in [-0.4, -0.2) is 22.8 Å². The number of rotatable bonds is 2. The van der Waals surface area contributed by atoms with E-state index in [1.54, 1.807) is 11.8 Å². The van der Waals surface area contributed by atoms with Gasteiger partial charge in [0.15, 0.2) is 0 Å². The molecule has 2 N–H and O–H groups in total. The minimum Gasteiger partial charge on any atom is -0.385 e. The van der Waals surface area contributed by atoms with E-state index in [0.717, 1.165) is 16.7 Å². The third-order valence-corrected chi connectivity index (χ3v) is 3.60. The molecule has 98 valence electrons. The van der Waals surface area contributed by atoms with Crippen molar-refractivity contribution in [3.8, 4) is 12.3 Å².